The minimum absolute atomic E-state index is 0.0899. The Kier molecular flexibility index (Phi) is 6.54. The number of rotatable bonds is 7. The van der Waals surface area contributed by atoms with E-state index in [9.17, 15) is 9.18 Å². The second-order valence-electron chi connectivity index (χ2n) is 8.26. The molecule has 35 heavy (non-hydrogen) atoms. The summed E-state index contributed by atoms with van der Waals surface area (Å²) in [5.74, 6) is -0.378. The van der Waals surface area contributed by atoms with E-state index in [0.717, 1.165) is 22.8 Å². The summed E-state index contributed by atoms with van der Waals surface area (Å²) in [6.07, 6.45) is 3.96. The van der Waals surface area contributed by atoms with E-state index < -0.39 is 0 Å². The summed E-state index contributed by atoms with van der Waals surface area (Å²) >= 11 is 5.72. The van der Waals surface area contributed by atoms with Crippen molar-refractivity contribution in [3.63, 3.8) is 0 Å². The van der Waals surface area contributed by atoms with E-state index >= 15 is 0 Å². The normalized spacial score (nSPS) is 17.3. The minimum Gasteiger partial charge on any atom is -0.352 e. The van der Waals surface area contributed by atoms with E-state index in [2.05, 4.69) is 15.6 Å². The second kappa shape index (κ2) is 10.1. The predicted molar refractivity (Wildman–Crippen MR) is 138 cm³/mol. The molecule has 0 saturated carbocycles. The molecule has 176 valence electrons. The van der Waals surface area contributed by atoms with Gasteiger partial charge in [-0.15, -0.1) is 0 Å². The highest BCUT2D eigenvalue weighted by Crippen LogP contribution is 2.39. The van der Waals surface area contributed by atoms with Crippen LogP contribution in [0.15, 0.2) is 97.3 Å². The number of amides is 1. The number of anilines is 1. The maximum Gasteiger partial charge on any atom is 0.226 e. The van der Waals surface area contributed by atoms with Crippen molar-refractivity contribution >= 4 is 28.9 Å². The Balaban J connectivity index is 1.45. The van der Waals surface area contributed by atoms with Gasteiger partial charge in [0.25, 0.3) is 0 Å². The summed E-state index contributed by atoms with van der Waals surface area (Å²) in [5, 5.41) is 6.90. The van der Waals surface area contributed by atoms with Gasteiger partial charge in [0.15, 0.2) is 5.11 Å². The SMILES string of the molecule is O=C(CCN1C(=S)N[C@@H](c2ccccn2)[C@H]1c1cccn1-c1ccc(F)cc1)Nc1ccccc1. The van der Waals surface area contributed by atoms with Crippen LogP contribution in [0.25, 0.3) is 5.69 Å². The van der Waals surface area contributed by atoms with Gasteiger partial charge in [-0.3, -0.25) is 9.78 Å². The van der Waals surface area contributed by atoms with Crippen LogP contribution >= 0.6 is 12.2 Å². The number of aromatic nitrogens is 2. The Morgan fingerprint density at radius 3 is 2.51 bits per heavy atom. The predicted octanol–water partition coefficient (Wildman–Crippen LogP) is 5.01. The third kappa shape index (κ3) is 4.93. The van der Waals surface area contributed by atoms with Gasteiger partial charge in [-0.05, 0) is 72.9 Å². The molecule has 0 radical (unpaired) electrons. The fraction of sp³-hybridized carbons (Fsp3) is 0.148. The molecule has 5 rings (SSSR count). The van der Waals surface area contributed by atoms with Crippen molar-refractivity contribution in [2.75, 3.05) is 11.9 Å². The smallest absolute Gasteiger partial charge is 0.226 e. The summed E-state index contributed by atoms with van der Waals surface area (Å²) < 4.78 is 15.6. The highest BCUT2D eigenvalue weighted by molar-refractivity contribution is 7.80. The van der Waals surface area contributed by atoms with Gasteiger partial charge in [0.1, 0.15) is 5.82 Å². The first-order chi connectivity index (χ1) is 17.1. The summed E-state index contributed by atoms with van der Waals surface area (Å²) in [4.78, 5) is 19.3. The zero-order valence-corrected chi connectivity index (χ0v) is 19.7. The van der Waals surface area contributed by atoms with Crippen LogP contribution in [0.2, 0.25) is 0 Å². The molecule has 0 unspecified atom stereocenters. The van der Waals surface area contributed by atoms with Gasteiger partial charge < -0.3 is 20.1 Å². The average Bonchev–Trinajstić information content (AvgIpc) is 3.48. The maximum absolute atomic E-state index is 13.6. The number of hydrogen-bond donors (Lipinski definition) is 2. The first kappa shape index (κ1) is 22.7. The Hall–Kier alpha value is -4.04. The quantitative estimate of drug-likeness (QED) is 0.360. The van der Waals surface area contributed by atoms with Crippen molar-refractivity contribution in [1.82, 2.24) is 19.8 Å². The lowest BCUT2D eigenvalue weighted by molar-refractivity contribution is -0.116. The topological polar surface area (TPSA) is 62.2 Å². The van der Waals surface area contributed by atoms with Crippen LogP contribution in [0.3, 0.4) is 0 Å². The van der Waals surface area contributed by atoms with E-state index in [4.69, 9.17) is 12.2 Å². The molecule has 0 bridgehead atoms. The molecule has 2 N–H and O–H groups in total. The zero-order chi connectivity index (χ0) is 24.2. The highest BCUT2D eigenvalue weighted by atomic mass is 32.1. The van der Waals surface area contributed by atoms with Gasteiger partial charge in [-0.25, -0.2) is 4.39 Å². The Morgan fingerprint density at radius 1 is 1.00 bits per heavy atom. The van der Waals surface area contributed by atoms with Crippen LogP contribution in [0, 0.1) is 5.82 Å². The standard InChI is InChI=1S/C27H24FN5OS/c28-19-11-13-21(14-12-19)32-17-6-10-23(32)26-25(22-9-4-5-16-29-22)31-27(35)33(26)18-15-24(34)30-20-7-2-1-3-8-20/h1-14,16-17,25-26H,15,18H2,(H,30,34)(H,31,35)/t25-,26+/m0/s1. The van der Waals surface area contributed by atoms with Gasteiger partial charge in [-0.1, -0.05) is 24.3 Å². The van der Waals surface area contributed by atoms with Crippen molar-refractivity contribution in [3.8, 4) is 5.69 Å². The van der Waals surface area contributed by atoms with Crippen molar-refractivity contribution < 1.29 is 9.18 Å². The largest absolute Gasteiger partial charge is 0.352 e. The van der Waals surface area contributed by atoms with Gasteiger partial charge in [0, 0.05) is 42.4 Å². The minimum atomic E-state index is -0.288. The third-order valence-electron chi connectivity index (χ3n) is 6.02. The lowest BCUT2D eigenvalue weighted by atomic mass is 10.0. The van der Waals surface area contributed by atoms with Crippen molar-refractivity contribution in [2.45, 2.75) is 18.5 Å². The lowest BCUT2D eigenvalue weighted by Gasteiger charge is -2.28. The summed E-state index contributed by atoms with van der Waals surface area (Å²) in [6, 6.07) is 25.1. The molecule has 4 aromatic rings. The van der Waals surface area contributed by atoms with Crippen molar-refractivity contribution in [2.24, 2.45) is 0 Å². The number of nitrogens with one attached hydrogen (secondary N) is 2. The Labute approximate surface area is 208 Å². The molecule has 1 aliphatic rings. The second-order valence-corrected chi connectivity index (χ2v) is 8.65. The van der Waals surface area contributed by atoms with Crippen LogP contribution in [-0.2, 0) is 4.79 Å². The fourth-order valence-corrected chi connectivity index (χ4v) is 4.74. The third-order valence-corrected chi connectivity index (χ3v) is 6.38. The van der Waals surface area contributed by atoms with Crippen LogP contribution in [0.5, 0.6) is 0 Å². The van der Waals surface area contributed by atoms with Gasteiger partial charge in [0.2, 0.25) is 5.91 Å². The molecular formula is C27H24FN5OS. The number of halogens is 1. The van der Waals surface area contributed by atoms with Crippen LogP contribution in [0.1, 0.15) is 29.9 Å². The molecule has 1 fully saturated rings. The van der Waals surface area contributed by atoms with Gasteiger partial charge >= 0.3 is 0 Å². The van der Waals surface area contributed by atoms with E-state index in [1.807, 2.05) is 76.3 Å². The van der Waals surface area contributed by atoms with Crippen molar-refractivity contribution in [1.29, 1.82) is 0 Å². The average molecular weight is 486 g/mol. The fourth-order valence-electron chi connectivity index (χ4n) is 4.41. The first-order valence-corrected chi connectivity index (χ1v) is 11.8. The Morgan fingerprint density at radius 2 is 1.77 bits per heavy atom. The molecule has 6 nitrogen and oxygen atoms in total. The first-order valence-electron chi connectivity index (χ1n) is 11.4. The molecule has 1 amide bonds. The lowest BCUT2D eigenvalue weighted by Crippen LogP contribution is -2.33. The Bertz CT molecular complexity index is 1310. The van der Waals surface area contributed by atoms with Crippen LogP contribution in [-0.4, -0.2) is 32.0 Å². The molecule has 2 aromatic carbocycles. The molecule has 0 spiro atoms. The summed E-state index contributed by atoms with van der Waals surface area (Å²) in [5.41, 5.74) is 3.41. The van der Waals surface area contributed by atoms with Crippen LogP contribution in [0.4, 0.5) is 10.1 Å². The summed E-state index contributed by atoms with van der Waals surface area (Å²) in [6.45, 7) is 0.424. The van der Waals surface area contributed by atoms with Crippen LogP contribution < -0.4 is 10.6 Å². The van der Waals surface area contributed by atoms with Gasteiger partial charge in [-0.2, -0.15) is 0 Å². The highest BCUT2D eigenvalue weighted by Gasteiger charge is 2.41. The number of nitrogens with zero attached hydrogens (tertiary/aromatic N) is 3. The van der Waals surface area contributed by atoms with E-state index in [0.29, 0.717) is 11.7 Å². The number of hydrogen-bond acceptors (Lipinski definition) is 3. The van der Waals surface area contributed by atoms with E-state index in [1.54, 1.807) is 18.3 Å². The molecule has 3 heterocycles. The van der Waals surface area contributed by atoms with Gasteiger partial charge in [0.05, 0.1) is 17.8 Å². The van der Waals surface area contributed by atoms with E-state index in [-0.39, 0.29) is 30.2 Å². The molecule has 2 aromatic heterocycles. The zero-order valence-electron chi connectivity index (χ0n) is 18.8. The monoisotopic (exact) mass is 485 g/mol. The molecular weight excluding hydrogens is 461 g/mol. The number of thiocarbonyl (C=S) groups is 1. The van der Waals surface area contributed by atoms with E-state index in [1.165, 1.54) is 12.1 Å². The van der Waals surface area contributed by atoms with Crippen molar-refractivity contribution in [3.05, 3.63) is 115 Å². The molecule has 8 heteroatoms. The molecule has 2 atom stereocenters. The maximum atomic E-state index is 13.6. The number of pyridine rings is 1. The number of carbonyl (C=O) groups is 1. The summed E-state index contributed by atoms with van der Waals surface area (Å²) in [7, 11) is 0. The molecule has 1 aliphatic heterocycles. The number of para-hydroxylation sites is 1. The molecule has 0 aliphatic carbocycles. The number of benzene rings is 2. The molecule has 1 saturated heterocycles. The number of carbonyl (C=O) groups excluding carboxylic acids is 1.